The maximum atomic E-state index is 14.0. The summed E-state index contributed by atoms with van der Waals surface area (Å²) in [5.41, 5.74) is 0.785. The van der Waals surface area contributed by atoms with Gasteiger partial charge in [0.2, 0.25) is 5.91 Å². The number of allylic oxidation sites excluding steroid dienone is 1. The van der Waals surface area contributed by atoms with Crippen LogP contribution >= 0.6 is 0 Å². The van der Waals surface area contributed by atoms with Crippen molar-refractivity contribution in [3.8, 4) is 0 Å². The number of amides is 1. The number of nitrogens with zero attached hydrogens (tertiary/aromatic N) is 1. The molecule has 0 N–H and O–H groups in total. The molecule has 0 aromatic heterocycles. The molecule has 0 saturated carbocycles. The standard InChI is InChI=1S/C32H33NO5/c1-2-3-7-20-28-21-29(34)33(22-25-14-8-4-9-15-25)32(28,30(35)37-23-26-16-10-5-11-17-26)31(36)38-24-27-18-12-6-13-19-27/h4-6,8-20H,2-3,7,21-24H2,1H3/b28-20-. The van der Waals surface area contributed by atoms with E-state index in [2.05, 4.69) is 6.92 Å². The van der Waals surface area contributed by atoms with Gasteiger partial charge in [-0.05, 0) is 28.7 Å². The van der Waals surface area contributed by atoms with Crippen LogP contribution in [0.15, 0.2) is 103 Å². The summed E-state index contributed by atoms with van der Waals surface area (Å²) in [7, 11) is 0. The highest BCUT2D eigenvalue weighted by atomic mass is 16.6. The fourth-order valence-corrected chi connectivity index (χ4v) is 4.64. The van der Waals surface area contributed by atoms with Crippen molar-refractivity contribution in [3.05, 3.63) is 119 Å². The van der Waals surface area contributed by atoms with Gasteiger partial charge in [0, 0.05) is 6.54 Å². The van der Waals surface area contributed by atoms with E-state index in [9.17, 15) is 14.4 Å². The van der Waals surface area contributed by atoms with Crippen LogP contribution in [0.5, 0.6) is 0 Å². The van der Waals surface area contributed by atoms with Gasteiger partial charge in [0.25, 0.3) is 5.54 Å². The van der Waals surface area contributed by atoms with Crippen LogP contribution in [0, 0.1) is 0 Å². The number of carbonyl (C=O) groups is 3. The van der Waals surface area contributed by atoms with Crippen molar-refractivity contribution in [1.82, 2.24) is 4.90 Å². The van der Waals surface area contributed by atoms with Crippen LogP contribution in [0.3, 0.4) is 0 Å². The normalized spacial score (nSPS) is 15.4. The van der Waals surface area contributed by atoms with Gasteiger partial charge < -0.3 is 14.4 Å². The van der Waals surface area contributed by atoms with Crippen LogP contribution in [0.2, 0.25) is 0 Å². The van der Waals surface area contributed by atoms with E-state index in [0.717, 1.165) is 29.5 Å². The first-order valence-corrected chi connectivity index (χ1v) is 13.0. The monoisotopic (exact) mass is 511 g/mol. The zero-order valence-electron chi connectivity index (χ0n) is 21.7. The van der Waals surface area contributed by atoms with Crippen LogP contribution in [0.1, 0.15) is 49.3 Å². The Kier molecular flexibility index (Phi) is 9.09. The number of hydrogen-bond acceptors (Lipinski definition) is 5. The number of benzene rings is 3. The molecule has 0 aliphatic carbocycles. The number of rotatable bonds is 11. The van der Waals surface area contributed by atoms with E-state index in [4.69, 9.17) is 9.47 Å². The first-order chi connectivity index (χ1) is 18.6. The Morgan fingerprint density at radius 3 is 1.74 bits per heavy atom. The van der Waals surface area contributed by atoms with Crippen LogP contribution in [0.25, 0.3) is 0 Å². The van der Waals surface area contributed by atoms with E-state index in [1.807, 2.05) is 97.1 Å². The molecule has 3 aromatic carbocycles. The lowest BCUT2D eigenvalue weighted by Crippen LogP contribution is -2.59. The second-order valence-corrected chi connectivity index (χ2v) is 9.35. The van der Waals surface area contributed by atoms with Crippen LogP contribution in [-0.4, -0.2) is 28.3 Å². The van der Waals surface area contributed by atoms with Gasteiger partial charge in [0.05, 0.1) is 6.42 Å². The lowest BCUT2D eigenvalue weighted by atomic mass is 9.88. The maximum Gasteiger partial charge on any atom is 0.348 e. The summed E-state index contributed by atoms with van der Waals surface area (Å²) in [6.07, 6.45) is 4.25. The molecule has 0 unspecified atom stereocenters. The predicted octanol–water partition coefficient (Wildman–Crippen LogP) is 5.76. The molecule has 1 saturated heterocycles. The average Bonchev–Trinajstić information content (AvgIpc) is 3.23. The molecule has 1 fully saturated rings. The molecule has 6 nitrogen and oxygen atoms in total. The van der Waals surface area contributed by atoms with Gasteiger partial charge in [-0.25, -0.2) is 9.59 Å². The third kappa shape index (κ3) is 6.02. The Morgan fingerprint density at radius 2 is 1.26 bits per heavy atom. The number of esters is 2. The molecule has 4 rings (SSSR count). The van der Waals surface area contributed by atoms with Crippen molar-refractivity contribution in [3.63, 3.8) is 0 Å². The molecule has 1 heterocycles. The second kappa shape index (κ2) is 12.9. The van der Waals surface area contributed by atoms with Crippen LogP contribution in [-0.2, 0) is 43.6 Å². The number of ether oxygens (including phenoxy) is 2. The van der Waals surface area contributed by atoms with E-state index in [0.29, 0.717) is 12.0 Å². The Labute approximate surface area is 223 Å². The number of unbranched alkanes of at least 4 members (excludes halogenated alkanes) is 2. The predicted molar refractivity (Wildman–Crippen MR) is 144 cm³/mol. The lowest BCUT2D eigenvalue weighted by molar-refractivity contribution is -0.175. The summed E-state index contributed by atoms with van der Waals surface area (Å²) >= 11 is 0. The highest BCUT2D eigenvalue weighted by Crippen LogP contribution is 2.40. The van der Waals surface area contributed by atoms with Crippen LogP contribution in [0.4, 0.5) is 0 Å². The third-order valence-corrected chi connectivity index (χ3v) is 6.66. The molecular formula is C32H33NO5. The third-order valence-electron chi connectivity index (χ3n) is 6.66. The number of likely N-dealkylation sites (tertiary alicyclic amines) is 1. The Hall–Kier alpha value is -4.19. The summed E-state index contributed by atoms with van der Waals surface area (Å²) in [6.45, 7) is 2.09. The Morgan fingerprint density at radius 1 is 0.789 bits per heavy atom. The largest absolute Gasteiger partial charge is 0.458 e. The van der Waals surface area contributed by atoms with E-state index in [1.165, 1.54) is 4.90 Å². The quantitative estimate of drug-likeness (QED) is 0.142. The highest BCUT2D eigenvalue weighted by Gasteiger charge is 2.62. The average molecular weight is 512 g/mol. The molecular weight excluding hydrogens is 478 g/mol. The minimum absolute atomic E-state index is 0.0248. The van der Waals surface area contributed by atoms with Gasteiger partial charge >= 0.3 is 11.9 Å². The summed E-state index contributed by atoms with van der Waals surface area (Å²) in [5.74, 6) is -1.92. The van der Waals surface area contributed by atoms with E-state index >= 15 is 0 Å². The van der Waals surface area contributed by atoms with Crippen molar-refractivity contribution in [2.45, 2.75) is 57.9 Å². The van der Waals surface area contributed by atoms with Gasteiger partial charge in [0.15, 0.2) is 0 Å². The van der Waals surface area contributed by atoms with E-state index in [-0.39, 0.29) is 32.1 Å². The minimum Gasteiger partial charge on any atom is -0.458 e. The molecule has 0 radical (unpaired) electrons. The highest BCUT2D eigenvalue weighted by molar-refractivity contribution is 6.14. The summed E-state index contributed by atoms with van der Waals surface area (Å²) in [6, 6.07) is 27.8. The van der Waals surface area contributed by atoms with Gasteiger partial charge in [-0.1, -0.05) is 117 Å². The summed E-state index contributed by atoms with van der Waals surface area (Å²) in [5, 5.41) is 0. The topological polar surface area (TPSA) is 72.9 Å². The van der Waals surface area contributed by atoms with Crippen LogP contribution < -0.4 is 0 Å². The van der Waals surface area contributed by atoms with Gasteiger partial charge in [0.1, 0.15) is 13.2 Å². The van der Waals surface area contributed by atoms with E-state index in [1.54, 1.807) is 0 Å². The SMILES string of the molecule is CCCC/C=C1/CC(=O)N(Cc2ccccc2)C1(C(=O)OCc1ccccc1)C(=O)OCc1ccccc1. The lowest BCUT2D eigenvalue weighted by Gasteiger charge is -2.35. The summed E-state index contributed by atoms with van der Waals surface area (Å²) in [4.78, 5) is 42.8. The van der Waals surface area contributed by atoms with Crippen molar-refractivity contribution >= 4 is 17.8 Å². The smallest absolute Gasteiger partial charge is 0.348 e. The Balaban J connectivity index is 1.74. The summed E-state index contributed by atoms with van der Waals surface area (Å²) < 4.78 is 11.5. The second-order valence-electron chi connectivity index (χ2n) is 9.35. The fraction of sp³-hybridized carbons (Fsp3) is 0.281. The van der Waals surface area contributed by atoms with Crippen molar-refractivity contribution in [2.75, 3.05) is 0 Å². The molecule has 0 spiro atoms. The maximum absolute atomic E-state index is 14.0. The first kappa shape index (κ1) is 26.9. The zero-order chi connectivity index (χ0) is 26.8. The van der Waals surface area contributed by atoms with Gasteiger partial charge in [-0.2, -0.15) is 0 Å². The molecule has 196 valence electrons. The van der Waals surface area contributed by atoms with Gasteiger partial charge in [-0.3, -0.25) is 4.79 Å². The number of hydrogen-bond donors (Lipinski definition) is 0. The Bertz CT molecular complexity index is 1200. The molecule has 0 bridgehead atoms. The molecule has 38 heavy (non-hydrogen) atoms. The molecule has 6 heteroatoms. The first-order valence-electron chi connectivity index (χ1n) is 13.0. The van der Waals surface area contributed by atoms with E-state index < -0.39 is 17.5 Å². The molecule has 0 atom stereocenters. The van der Waals surface area contributed by atoms with Crippen molar-refractivity contribution in [1.29, 1.82) is 0 Å². The minimum atomic E-state index is -2.00. The van der Waals surface area contributed by atoms with Gasteiger partial charge in [-0.15, -0.1) is 0 Å². The molecule has 1 amide bonds. The molecule has 3 aromatic rings. The fourth-order valence-electron chi connectivity index (χ4n) is 4.64. The number of carbonyl (C=O) groups excluding carboxylic acids is 3. The molecule has 1 aliphatic heterocycles. The molecule has 1 aliphatic rings. The van der Waals surface area contributed by atoms with Crippen molar-refractivity contribution < 1.29 is 23.9 Å². The zero-order valence-corrected chi connectivity index (χ0v) is 21.7. The van der Waals surface area contributed by atoms with Crippen molar-refractivity contribution in [2.24, 2.45) is 0 Å².